The molecule has 0 saturated carbocycles. The lowest BCUT2D eigenvalue weighted by Gasteiger charge is -2.37. The highest BCUT2D eigenvalue weighted by molar-refractivity contribution is 6.69. The van der Waals surface area contributed by atoms with E-state index in [1.165, 1.54) is 12.1 Å². The van der Waals surface area contributed by atoms with Gasteiger partial charge in [0.05, 0.1) is 11.2 Å². The number of fused-ring (bicyclic) bond motifs is 1. The van der Waals surface area contributed by atoms with Gasteiger partial charge in [0, 0.05) is 25.1 Å². The van der Waals surface area contributed by atoms with Gasteiger partial charge < -0.3 is 23.7 Å². The minimum absolute atomic E-state index is 0.312. The molecule has 1 spiro atoms. The number of ether oxygens (including phenoxy) is 2. The molecule has 6 nitrogen and oxygen atoms in total. The Morgan fingerprint density at radius 3 is 2.39 bits per heavy atom. The van der Waals surface area contributed by atoms with Gasteiger partial charge in [-0.2, -0.15) is 0 Å². The molecule has 0 aromatic heterocycles. The number of carbonyl (C=O) groups is 1. The van der Waals surface area contributed by atoms with E-state index in [9.17, 15) is 9.18 Å². The summed E-state index contributed by atoms with van der Waals surface area (Å²) in [4.78, 5) is 14.4. The molecule has 0 N–H and O–H groups in total. The van der Waals surface area contributed by atoms with Crippen molar-refractivity contribution in [1.82, 2.24) is 4.90 Å². The molecule has 1 aromatic rings. The second kappa shape index (κ2) is 8.02. The molecule has 8 heteroatoms. The molecule has 1 amide bonds. The predicted molar refractivity (Wildman–Crippen MR) is 125 cm³/mol. The van der Waals surface area contributed by atoms with Gasteiger partial charge in [-0.15, -0.1) is 0 Å². The minimum Gasteiger partial charge on any atom is -0.483 e. The predicted octanol–water partition coefficient (Wildman–Crippen LogP) is 5.39. The summed E-state index contributed by atoms with van der Waals surface area (Å²) < 4.78 is 38.9. The average molecular weight is 459 g/mol. The number of carbonyl (C=O) groups excluding carboxylic acids is 1. The van der Waals surface area contributed by atoms with E-state index in [1.54, 1.807) is 11.0 Å². The molecule has 2 fully saturated rings. The second-order valence-corrected chi connectivity index (χ2v) is 11.3. The van der Waals surface area contributed by atoms with Crippen molar-refractivity contribution in [1.29, 1.82) is 0 Å². The molecule has 3 heterocycles. The van der Waals surface area contributed by atoms with E-state index >= 15 is 0 Å². The quantitative estimate of drug-likeness (QED) is 0.527. The summed E-state index contributed by atoms with van der Waals surface area (Å²) in [6, 6.07) is 4.55. The molecule has 0 aliphatic carbocycles. The van der Waals surface area contributed by atoms with Gasteiger partial charge in [0.2, 0.25) is 0 Å². The van der Waals surface area contributed by atoms with E-state index in [-0.39, 0.29) is 11.9 Å². The minimum atomic E-state index is -0.638. The zero-order valence-corrected chi connectivity index (χ0v) is 20.8. The summed E-state index contributed by atoms with van der Waals surface area (Å²) in [5, 5.41) is 0. The van der Waals surface area contributed by atoms with Crippen molar-refractivity contribution in [3.05, 3.63) is 35.7 Å². The van der Waals surface area contributed by atoms with Crippen LogP contribution in [0.1, 0.15) is 73.3 Å². The van der Waals surface area contributed by atoms with E-state index in [1.807, 2.05) is 54.5 Å². The summed E-state index contributed by atoms with van der Waals surface area (Å²) in [6.07, 6.45) is 3.78. The number of hydrogen-bond acceptors (Lipinski definition) is 5. The maximum Gasteiger partial charge on any atom is 0.495 e. The fourth-order valence-electron chi connectivity index (χ4n) is 4.48. The van der Waals surface area contributed by atoms with Crippen LogP contribution >= 0.6 is 0 Å². The third kappa shape index (κ3) is 4.78. The van der Waals surface area contributed by atoms with Crippen LogP contribution in [0.5, 0.6) is 5.75 Å². The molecule has 1 unspecified atom stereocenters. The van der Waals surface area contributed by atoms with Crippen LogP contribution in [-0.2, 0) is 14.0 Å². The van der Waals surface area contributed by atoms with Gasteiger partial charge >= 0.3 is 13.2 Å². The van der Waals surface area contributed by atoms with E-state index in [0.717, 1.165) is 11.9 Å². The number of nitrogens with zero attached hydrogens (tertiary/aromatic N) is 1. The summed E-state index contributed by atoms with van der Waals surface area (Å²) in [5.41, 5.74) is -0.800. The van der Waals surface area contributed by atoms with Gasteiger partial charge in [-0.25, -0.2) is 9.18 Å². The lowest BCUT2D eigenvalue weighted by atomic mass is 9.69. The summed E-state index contributed by atoms with van der Waals surface area (Å²) in [5.74, 6) is 0.266. The molecule has 33 heavy (non-hydrogen) atoms. The highest BCUT2D eigenvalue weighted by Gasteiger charge is 2.54. The molecule has 0 radical (unpaired) electrons. The molecule has 3 aliphatic rings. The van der Waals surface area contributed by atoms with Crippen LogP contribution < -0.4 is 4.74 Å². The Hall–Kier alpha value is -2.06. The maximum absolute atomic E-state index is 14.2. The highest BCUT2D eigenvalue weighted by Crippen LogP contribution is 2.47. The monoisotopic (exact) mass is 459 g/mol. The Bertz CT molecular complexity index is 954. The number of benzene rings is 1. The lowest BCUT2D eigenvalue weighted by molar-refractivity contribution is 0.00578. The Kier molecular flexibility index (Phi) is 5.85. The number of hydrogen-bond donors (Lipinski definition) is 0. The molecule has 1 aromatic carbocycles. The van der Waals surface area contributed by atoms with Crippen molar-refractivity contribution < 1.29 is 28.0 Å². The molecule has 1 atom stereocenters. The van der Waals surface area contributed by atoms with Crippen molar-refractivity contribution in [3.8, 4) is 5.75 Å². The van der Waals surface area contributed by atoms with E-state index in [4.69, 9.17) is 18.8 Å². The van der Waals surface area contributed by atoms with Crippen molar-refractivity contribution in [2.24, 2.45) is 0 Å². The highest BCUT2D eigenvalue weighted by atomic mass is 19.1. The smallest absolute Gasteiger partial charge is 0.483 e. The number of amides is 1. The first-order valence-corrected chi connectivity index (χ1v) is 11.8. The normalized spacial score (nSPS) is 26.4. The molecule has 180 valence electrons. The Labute approximate surface area is 196 Å². The fourth-order valence-corrected chi connectivity index (χ4v) is 4.48. The fraction of sp³-hybridized carbons (Fsp3) is 0.640. The van der Waals surface area contributed by atoms with Crippen LogP contribution in [0.25, 0.3) is 5.47 Å². The standard InChI is InChI=1S/C25H35BFNO5/c1-22(2,3)31-21(29)28-13-8-11-25(12-14-28)16-19(18-15-17(27)9-10-20(18)30-25)26-32-23(4,5)24(6,7)33-26/h9-10,15-16H,8,11-14H2,1-7H3. The van der Waals surface area contributed by atoms with E-state index in [0.29, 0.717) is 37.2 Å². The summed E-state index contributed by atoms with van der Waals surface area (Å²) in [7, 11) is -0.637. The Balaban J connectivity index is 1.65. The van der Waals surface area contributed by atoms with E-state index in [2.05, 4.69) is 0 Å². The number of rotatable bonds is 1. The van der Waals surface area contributed by atoms with Crippen LogP contribution in [0.3, 0.4) is 0 Å². The van der Waals surface area contributed by atoms with Crippen LogP contribution in [-0.4, -0.2) is 53.6 Å². The third-order valence-corrected chi connectivity index (χ3v) is 6.98. The van der Waals surface area contributed by atoms with Crippen LogP contribution in [0, 0.1) is 5.82 Å². The first kappa shape index (κ1) is 24.1. The maximum atomic E-state index is 14.2. The van der Waals surface area contributed by atoms with Gasteiger partial charge in [0.1, 0.15) is 22.8 Å². The topological polar surface area (TPSA) is 57.2 Å². The van der Waals surface area contributed by atoms with Crippen LogP contribution in [0.4, 0.5) is 9.18 Å². The molecule has 2 saturated heterocycles. The van der Waals surface area contributed by atoms with Crippen molar-refractivity contribution in [2.75, 3.05) is 13.1 Å². The SMILES string of the molecule is CC(C)(C)OC(=O)N1CCCC2(C=C(B3OC(C)(C)C(C)(C)O3)c3cc(F)ccc3O2)CC1. The zero-order chi connectivity index (χ0) is 24.2. The van der Waals surface area contributed by atoms with Crippen LogP contribution in [0.15, 0.2) is 24.3 Å². The van der Waals surface area contributed by atoms with Crippen molar-refractivity contribution in [2.45, 2.75) is 90.1 Å². The summed E-state index contributed by atoms with van der Waals surface area (Å²) in [6.45, 7) is 14.7. The summed E-state index contributed by atoms with van der Waals surface area (Å²) >= 11 is 0. The van der Waals surface area contributed by atoms with Gasteiger partial charge in [-0.05, 0) is 91.1 Å². The van der Waals surface area contributed by atoms with Crippen LogP contribution in [0.2, 0.25) is 0 Å². The Morgan fingerprint density at radius 2 is 1.76 bits per heavy atom. The zero-order valence-electron chi connectivity index (χ0n) is 20.8. The number of likely N-dealkylation sites (tertiary alicyclic amines) is 1. The molecular formula is C25H35BFNO5. The van der Waals surface area contributed by atoms with E-state index < -0.39 is 29.5 Å². The van der Waals surface area contributed by atoms with Gasteiger partial charge in [-0.3, -0.25) is 0 Å². The first-order chi connectivity index (χ1) is 15.2. The lowest BCUT2D eigenvalue weighted by Crippen LogP contribution is -2.41. The second-order valence-electron chi connectivity index (χ2n) is 11.3. The third-order valence-electron chi connectivity index (χ3n) is 6.98. The first-order valence-electron chi connectivity index (χ1n) is 11.8. The average Bonchev–Trinajstić information content (AvgIpc) is 2.80. The molecular weight excluding hydrogens is 424 g/mol. The van der Waals surface area contributed by atoms with Gasteiger partial charge in [0.15, 0.2) is 0 Å². The Morgan fingerprint density at radius 1 is 1.09 bits per heavy atom. The number of halogens is 1. The largest absolute Gasteiger partial charge is 0.495 e. The van der Waals surface area contributed by atoms with Crippen molar-refractivity contribution in [3.63, 3.8) is 0 Å². The molecule has 0 bridgehead atoms. The van der Waals surface area contributed by atoms with Crippen molar-refractivity contribution >= 4 is 18.7 Å². The van der Waals surface area contributed by atoms with Gasteiger partial charge in [-0.1, -0.05) is 0 Å². The van der Waals surface area contributed by atoms with Gasteiger partial charge in [0.25, 0.3) is 0 Å². The molecule has 3 aliphatic heterocycles. The molecule has 4 rings (SSSR count).